The van der Waals surface area contributed by atoms with E-state index in [9.17, 15) is 8.42 Å². The van der Waals surface area contributed by atoms with Crippen LogP contribution in [0.5, 0.6) is 0 Å². The summed E-state index contributed by atoms with van der Waals surface area (Å²) in [6, 6.07) is 1.71. The van der Waals surface area contributed by atoms with Crippen molar-refractivity contribution in [3.8, 4) is 0 Å². The van der Waals surface area contributed by atoms with Crippen LogP contribution in [-0.4, -0.2) is 19.7 Å². The smallest absolute Gasteiger partial charge is 0.177 e. The molecule has 0 N–H and O–H groups in total. The summed E-state index contributed by atoms with van der Waals surface area (Å²) in [7, 11) is -3.16. The van der Waals surface area contributed by atoms with E-state index in [-0.39, 0.29) is 5.41 Å². The summed E-state index contributed by atoms with van der Waals surface area (Å²) in [5.41, 5.74) is 0.932. The zero-order valence-corrected chi connectivity index (χ0v) is 10.4. The van der Waals surface area contributed by atoms with Crippen molar-refractivity contribution in [3.63, 3.8) is 0 Å². The molecule has 4 heteroatoms. The third-order valence-corrected chi connectivity index (χ3v) is 3.89. The summed E-state index contributed by atoms with van der Waals surface area (Å²) < 4.78 is 22.7. The Morgan fingerprint density at radius 2 is 1.93 bits per heavy atom. The SMILES string of the molecule is CCC(C)(C)c1cncc(S(C)(=O)=O)c1. The van der Waals surface area contributed by atoms with Crippen LogP contribution in [0.2, 0.25) is 0 Å². The molecule has 0 aromatic carbocycles. The highest BCUT2D eigenvalue weighted by Gasteiger charge is 2.20. The fourth-order valence-corrected chi connectivity index (χ4v) is 1.79. The Hall–Kier alpha value is -0.900. The molecule has 0 saturated heterocycles. The van der Waals surface area contributed by atoms with Crippen molar-refractivity contribution in [1.29, 1.82) is 0 Å². The Morgan fingerprint density at radius 3 is 2.40 bits per heavy atom. The molecule has 15 heavy (non-hydrogen) atoms. The van der Waals surface area contributed by atoms with Gasteiger partial charge in [-0.1, -0.05) is 20.8 Å². The van der Waals surface area contributed by atoms with Crippen molar-refractivity contribution in [1.82, 2.24) is 4.98 Å². The van der Waals surface area contributed by atoms with Gasteiger partial charge in [0.15, 0.2) is 9.84 Å². The van der Waals surface area contributed by atoms with Crippen LogP contribution in [0.3, 0.4) is 0 Å². The van der Waals surface area contributed by atoms with Gasteiger partial charge in [0, 0.05) is 18.6 Å². The van der Waals surface area contributed by atoms with E-state index in [4.69, 9.17) is 0 Å². The van der Waals surface area contributed by atoms with Crippen LogP contribution >= 0.6 is 0 Å². The van der Waals surface area contributed by atoms with E-state index in [1.54, 1.807) is 12.3 Å². The number of pyridine rings is 1. The maximum atomic E-state index is 11.4. The largest absolute Gasteiger partial charge is 0.263 e. The first-order valence-electron chi connectivity index (χ1n) is 4.93. The number of aromatic nitrogens is 1. The lowest BCUT2D eigenvalue weighted by Crippen LogP contribution is -2.16. The highest BCUT2D eigenvalue weighted by molar-refractivity contribution is 7.90. The molecule has 0 atom stereocenters. The van der Waals surface area contributed by atoms with Crippen LogP contribution in [0.25, 0.3) is 0 Å². The van der Waals surface area contributed by atoms with E-state index in [2.05, 4.69) is 25.8 Å². The Bertz CT molecular complexity index is 449. The van der Waals surface area contributed by atoms with Gasteiger partial charge in [-0.15, -0.1) is 0 Å². The standard InChI is InChI=1S/C11H17NO2S/c1-5-11(2,3)9-6-10(8-12-7-9)15(4,13)14/h6-8H,5H2,1-4H3. The first-order chi connectivity index (χ1) is 6.77. The van der Waals surface area contributed by atoms with Gasteiger partial charge < -0.3 is 0 Å². The quantitative estimate of drug-likeness (QED) is 0.795. The number of sulfone groups is 1. The minimum absolute atomic E-state index is 0.0340. The van der Waals surface area contributed by atoms with Gasteiger partial charge in [-0.3, -0.25) is 4.98 Å². The van der Waals surface area contributed by atoms with Crippen LogP contribution in [0.15, 0.2) is 23.4 Å². The van der Waals surface area contributed by atoms with Crippen molar-refractivity contribution in [2.45, 2.75) is 37.5 Å². The van der Waals surface area contributed by atoms with Gasteiger partial charge in [0.2, 0.25) is 0 Å². The predicted octanol–water partition coefficient (Wildman–Crippen LogP) is 2.17. The maximum absolute atomic E-state index is 11.4. The van der Waals surface area contributed by atoms with E-state index in [0.717, 1.165) is 12.0 Å². The van der Waals surface area contributed by atoms with Gasteiger partial charge in [0.05, 0.1) is 4.90 Å². The molecule has 1 aromatic rings. The normalized spacial score (nSPS) is 12.8. The van der Waals surface area contributed by atoms with Gasteiger partial charge in [0.25, 0.3) is 0 Å². The lowest BCUT2D eigenvalue weighted by molar-refractivity contribution is 0.502. The summed E-state index contributed by atoms with van der Waals surface area (Å²) in [6.07, 6.45) is 5.28. The number of hydrogen-bond acceptors (Lipinski definition) is 3. The molecule has 1 aromatic heterocycles. The molecule has 84 valence electrons. The molecule has 0 bridgehead atoms. The molecule has 0 spiro atoms. The van der Waals surface area contributed by atoms with Crippen LogP contribution in [-0.2, 0) is 15.3 Å². The second-order valence-electron chi connectivity index (χ2n) is 4.42. The van der Waals surface area contributed by atoms with E-state index < -0.39 is 9.84 Å². The zero-order chi connectivity index (χ0) is 11.7. The molecule has 1 heterocycles. The molecular weight excluding hydrogens is 210 g/mol. The molecule has 3 nitrogen and oxygen atoms in total. The second-order valence-corrected chi connectivity index (χ2v) is 6.43. The van der Waals surface area contributed by atoms with E-state index in [0.29, 0.717) is 4.90 Å². The molecule has 0 unspecified atom stereocenters. The Kier molecular flexibility index (Phi) is 3.19. The maximum Gasteiger partial charge on any atom is 0.177 e. The van der Waals surface area contributed by atoms with Crippen molar-refractivity contribution < 1.29 is 8.42 Å². The van der Waals surface area contributed by atoms with Gasteiger partial charge in [-0.2, -0.15) is 0 Å². The summed E-state index contributed by atoms with van der Waals surface area (Å²) in [5.74, 6) is 0. The van der Waals surface area contributed by atoms with E-state index in [1.807, 2.05) is 0 Å². The Balaban J connectivity index is 3.26. The van der Waals surface area contributed by atoms with Gasteiger partial charge in [-0.25, -0.2) is 8.42 Å². The molecule has 1 rings (SSSR count). The Morgan fingerprint density at radius 1 is 1.33 bits per heavy atom. The van der Waals surface area contributed by atoms with Crippen molar-refractivity contribution in [2.24, 2.45) is 0 Å². The van der Waals surface area contributed by atoms with Crippen molar-refractivity contribution >= 4 is 9.84 Å². The molecule has 0 aliphatic heterocycles. The number of rotatable bonds is 3. The number of nitrogens with zero attached hydrogens (tertiary/aromatic N) is 1. The van der Waals surface area contributed by atoms with Crippen LogP contribution in [0.1, 0.15) is 32.8 Å². The first kappa shape index (κ1) is 12.2. The summed E-state index contributed by atoms with van der Waals surface area (Å²) in [4.78, 5) is 4.28. The second kappa shape index (κ2) is 3.93. The van der Waals surface area contributed by atoms with Crippen molar-refractivity contribution in [2.75, 3.05) is 6.26 Å². The average molecular weight is 227 g/mol. The highest BCUT2D eigenvalue weighted by Crippen LogP contribution is 2.27. The summed E-state index contributed by atoms with van der Waals surface area (Å²) >= 11 is 0. The Labute approximate surface area is 91.5 Å². The number of hydrogen-bond donors (Lipinski definition) is 0. The lowest BCUT2D eigenvalue weighted by atomic mass is 9.83. The summed E-state index contributed by atoms with van der Waals surface area (Å²) in [6.45, 7) is 6.24. The van der Waals surface area contributed by atoms with E-state index >= 15 is 0 Å². The average Bonchev–Trinajstić information content (AvgIpc) is 2.17. The first-order valence-corrected chi connectivity index (χ1v) is 6.82. The minimum atomic E-state index is -3.16. The molecule has 0 amide bonds. The van der Waals surface area contributed by atoms with Crippen molar-refractivity contribution in [3.05, 3.63) is 24.0 Å². The van der Waals surface area contributed by atoms with Crippen LogP contribution in [0.4, 0.5) is 0 Å². The van der Waals surface area contributed by atoms with Gasteiger partial charge in [0.1, 0.15) is 0 Å². The van der Waals surface area contributed by atoms with Crippen LogP contribution < -0.4 is 0 Å². The predicted molar refractivity (Wildman–Crippen MR) is 60.7 cm³/mol. The minimum Gasteiger partial charge on any atom is -0.263 e. The summed E-state index contributed by atoms with van der Waals surface area (Å²) in [5, 5.41) is 0. The molecule has 0 saturated carbocycles. The zero-order valence-electron chi connectivity index (χ0n) is 9.61. The monoisotopic (exact) mass is 227 g/mol. The topological polar surface area (TPSA) is 47.0 Å². The molecule has 0 fully saturated rings. The molecular formula is C11H17NO2S. The third-order valence-electron chi connectivity index (χ3n) is 2.81. The third kappa shape index (κ3) is 2.78. The fourth-order valence-electron chi connectivity index (χ4n) is 1.20. The molecule has 0 aliphatic rings. The lowest BCUT2D eigenvalue weighted by Gasteiger charge is -2.23. The molecule has 0 radical (unpaired) electrons. The highest BCUT2D eigenvalue weighted by atomic mass is 32.2. The fraction of sp³-hybridized carbons (Fsp3) is 0.545. The van der Waals surface area contributed by atoms with E-state index in [1.165, 1.54) is 12.5 Å². The van der Waals surface area contributed by atoms with Gasteiger partial charge in [-0.05, 0) is 23.5 Å². The van der Waals surface area contributed by atoms with Crippen LogP contribution in [0, 0.1) is 0 Å². The molecule has 0 aliphatic carbocycles. The van der Waals surface area contributed by atoms with Gasteiger partial charge >= 0.3 is 0 Å².